The number of ether oxygens (including phenoxy) is 1. The summed E-state index contributed by atoms with van der Waals surface area (Å²) in [5.74, 6) is 0.733. The molecule has 1 aromatic heterocycles. The predicted molar refractivity (Wildman–Crippen MR) is 70.1 cm³/mol. The molecule has 0 bridgehead atoms. The van der Waals surface area contributed by atoms with Crippen LogP contribution in [-0.2, 0) is 16.1 Å². The molecule has 0 saturated heterocycles. The number of nitrogens with zero attached hydrogens (tertiary/aromatic N) is 2. The van der Waals surface area contributed by atoms with Crippen LogP contribution < -0.4 is 5.73 Å². The quantitative estimate of drug-likeness (QED) is 0.616. The summed E-state index contributed by atoms with van der Waals surface area (Å²) in [5.41, 5.74) is 7.98. The van der Waals surface area contributed by atoms with E-state index in [1.165, 1.54) is 0 Å². The van der Waals surface area contributed by atoms with Crippen molar-refractivity contribution in [3.05, 3.63) is 11.4 Å². The first kappa shape index (κ1) is 13.9. The molecule has 0 saturated carbocycles. The lowest BCUT2D eigenvalue weighted by Crippen LogP contribution is -2.16. The van der Waals surface area contributed by atoms with Crippen LogP contribution in [0.1, 0.15) is 17.8 Å². The molecule has 96 valence electrons. The molecule has 0 aromatic carbocycles. The molecule has 1 rings (SSSR count). The average molecular weight is 257 g/mol. The van der Waals surface area contributed by atoms with Crippen molar-refractivity contribution < 1.29 is 9.53 Å². The van der Waals surface area contributed by atoms with Crippen LogP contribution >= 0.6 is 11.8 Å². The van der Waals surface area contributed by atoms with E-state index in [2.05, 4.69) is 5.10 Å². The van der Waals surface area contributed by atoms with Gasteiger partial charge in [-0.15, -0.1) is 0 Å². The van der Waals surface area contributed by atoms with Gasteiger partial charge in [0.2, 0.25) is 0 Å². The van der Waals surface area contributed by atoms with Gasteiger partial charge < -0.3 is 10.5 Å². The van der Waals surface area contributed by atoms with Gasteiger partial charge in [-0.05, 0) is 32.3 Å². The monoisotopic (exact) mass is 257 g/mol. The summed E-state index contributed by atoms with van der Waals surface area (Å²) in [4.78, 5) is 11.5. The van der Waals surface area contributed by atoms with Crippen LogP contribution in [0.4, 0.5) is 5.69 Å². The van der Waals surface area contributed by atoms with Crippen molar-refractivity contribution in [3.63, 3.8) is 0 Å². The number of esters is 1. The largest absolute Gasteiger partial charge is 0.464 e. The number of nitrogen functional groups attached to an aromatic ring is 1. The number of carbonyl (C=O) groups is 1. The van der Waals surface area contributed by atoms with E-state index in [-0.39, 0.29) is 12.5 Å². The number of hydrogen-bond acceptors (Lipinski definition) is 5. The zero-order valence-electron chi connectivity index (χ0n) is 10.5. The zero-order valence-corrected chi connectivity index (χ0v) is 11.3. The van der Waals surface area contributed by atoms with Crippen LogP contribution in [0.2, 0.25) is 0 Å². The summed E-state index contributed by atoms with van der Waals surface area (Å²) >= 11 is 1.74. The summed E-state index contributed by atoms with van der Waals surface area (Å²) in [6.07, 6.45) is 2.91. The van der Waals surface area contributed by atoms with Crippen LogP contribution in [0.5, 0.6) is 0 Å². The number of carbonyl (C=O) groups excluding carboxylic acids is 1. The number of hydrogen-bond donors (Lipinski definition) is 1. The lowest BCUT2D eigenvalue weighted by Gasteiger charge is -2.05. The third-order valence-corrected chi connectivity index (χ3v) is 3.17. The number of anilines is 1. The molecule has 6 heteroatoms. The fraction of sp³-hybridized carbons (Fsp3) is 0.636. The first-order chi connectivity index (χ1) is 8.06. The van der Waals surface area contributed by atoms with Gasteiger partial charge in [-0.3, -0.25) is 9.48 Å². The second-order valence-electron chi connectivity index (χ2n) is 3.81. The van der Waals surface area contributed by atoms with Gasteiger partial charge in [0.05, 0.1) is 23.7 Å². The third-order valence-electron chi connectivity index (χ3n) is 2.47. The lowest BCUT2D eigenvalue weighted by atomic mass is 10.3. The number of aryl methyl sites for hydroxylation is 1. The molecule has 0 radical (unpaired) electrons. The minimum atomic E-state index is -0.267. The van der Waals surface area contributed by atoms with E-state index < -0.39 is 0 Å². The van der Waals surface area contributed by atoms with Crippen LogP contribution in [0.15, 0.2) is 0 Å². The fourth-order valence-corrected chi connectivity index (χ4v) is 1.83. The van der Waals surface area contributed by atoms with Gasteiger partial charge in [0.25, 0.3) is 0 Å². The van der Waals surface area contributed by atoms with Crippen molar-refractivity contribution in [1.82, 2.24) is 9.78 Å². The second-order valence-corrected chi connectivity index (χ2v) is 4.79. The Labute approximate surface area is 106 Å². The standard InChI is InChI=1S/C11H19N3O2S/c1-8-11(12)9(2)14(13-8)7-10(15)16-5-4-6-17-3/h4-7,12H2,1-3H3. The normalized spacial score (nSPS) is 10.5. The molecular weight excluding hydrogens is 238 g/mol. The zero-order chi connectivity index (χ0) is 12.8. The van der Waals surface area contributed by atoms with Crippen LogP contribution in [0.25, 0.3) is 0 Å². The summed E-state index contributed by atoms with van der Waals surface area (Å²) in [6.45, 7) is 4.26. The SMILES string of the molecule is CSCCCOC(=O)Cn1nc(C)c(N)c1C. The highest BCUT2D eigenvalue weighted by Gasteiger charge is 2.11. The van der Waals surface area contributed by atoms with E-state index in [9.17, 15) is 4.79 Å². The Bertz CT molecular complexity index is 390. The summed E-state index contributed by atoms with van der Waals surface area (Å²) in [5, 5.41) is 4.18. The summed E-state index contributed by atoms with van der Waals surface area (Å²) in [6, 6.07) is 0. The molecule has 0 fully saturated rings. The molecule has 0 aliphatic heterocycles. The molecular formula is C11H19N3O2S. The molecule has 1 heterocycles. The van der Waals surface area contributed by atoms with Gasteiger partial charge in [0, 0.05) is 0 Å². The Balaban J connectivity index is 2.42. The van der Waals surface area contributed by atoms with E-state index >= 15 is 0 Å². The Morgan fingerprint density at radius 3 is 2.76 bits per heavy atom. The highest BCUT2D eigenvalue weighted by Crippen LogP contribution is 2.14. The van der Waals surface area contributed by atoms with Crippen molar-refractivity contribution in [3.8, 4) is 0 Å². The van der Waals surface area contributed by atoms with Crippen LogP contribution in [-0.4, -0.2) is 34.4 Å². The maximum absolute atomic E-state index is 11.5. The van der Waals surface area contributed by atoms with E-state index in [0.717, 1.165) is 23.6 Å². The molecule has 0 spiro atoms. The molecule has 0 atom stereocenters. The van der Waals surface area contributed by atoms with Gasteiger partial charge in [0.1, 0.15) is 6.54 Å². The number of thioether (sulfide) groups is 1. The summed E-state index contributed by atoms with van der Waals surface area (Å²) < 4.78 is 6.68. The highest BCUT2D eigenvalue weighted by molar-refractivity contribution is 7.98. The van der Waals surface area contributed by atoms with E-state index in [1.54, 1.807) is 16.4 Å². The fourth-order valence-electron chi connectivity index (χ4n) is 1.42. The van der Waals surface area contributed by atoms with Crippen molar-refractivity contribution in [1.29, 1.82) is 0 Å². The topological polar surface area (TPSA) is 70.1 Å². The lowest BCUT2D eigenvalue weighted by molar-refractivity contribution is -0.144. The van der Waals surface area contributed by atoms with Gasteiger partial charge in [-0.1, -0.05) is 0 Å². The first-order valence-electron chi connectivity index (χ1n) is 5.50. The molecule has 17 heavy (non-hydrogen) atoms. The minimum absolute atomic E-state index is 0.128. The number of aromatic nitrogens is 2. The van der Waals surface area contributed by atoms with Gasteiger partial charge >= 0.3 is 5.97 Å². The van der Waals surface area contributed by atoms with Crippen molar-refractivity contribution in [2.45, 2.75) is 26.8 Å². The Kier molecular flexibility index (Phi) is 5.34. The van der Waals surface area contributed by atoms with Crippen molar-refractivity contribution >= 4 is 23.4 Å². The van der Waals surface area contributed by atoms with E-state index in [0.29, 0.717) is 12.3 Å². The van der Waals surface area contributed by atoms with Gasteiger partial charge in [-0.2, -0.15) is 16.9 Å². The minimum Gasteiger partial charge on any atom is -0.464 e. The molecule has 2 N–H and O–H groups in total. The molecule has 1 aromatic rings. The maximum atomic E-state index is 11.5. The number of rotatable bonds is 6. The number of nitrogens with two attached hydrogens (primary N) is 1. The first-order valence-corrected chi connectivity index (χ1v) is 6.89. The van der Waals surface area contributed by atoms with Crippen LogP contribution in [0.3, 0.4) is 0 Å². The molecule has 0 aliphatic carbocycles. The van der Waals surface area contributed by atoms with Crippen LogP contribution in [0, 0.1) is 13.8 Å². The maximum Gasteiger partial charge on any atom is 0.327 e. The Morgan fingerprint density at radius 1 is 1.53 bits per heavy atom. The molecule has 5 nitrogen and oxygen atoms in total. The van der Waals surface area contributed by atoms with Crippen molar-refractivity contribution in [2.75, 3.05) is 24.3 Å². The second kappa shape index (κ2) is 6.54. The Morgan fingerprint density at radius 2 is 2.24 bits per heavy atom. The third kappa shape index (κ3) is 3.96. The molecule has 0 amide bonds. The van der Waals surface area contributed by atoms with E-state index in [1.807, 2.05) is 20.1 Å². The Hall–Kier alpha value is -1.17. The summed E-state index contributed by atoms with van der Waals surface area (Å²) in [7, 11) is 0. The van der Waals surface area contributed by atoms with E-state index in [4.69, 9.17) is 10.5 Å². The highest BCUT2D eigenvalue weighted by atomic mass is 32.2. The van der Waals surface area contributed by atoms with Gasteiger partial charge in [-0.25, -0.2) is 0 Å². The predicted octanol–water partition coefficient (Wildman–Crippen LogP) is 1.38. The smallest absolute Gasteiger partial charge is 0.327 e. The average Bonchev–Trinajstić information content (AvgIpc) is 2.53. The molecule has 0 unspecified atom stereocenters. The van der Waals surface area contributed by atoms with Gasteiger partial charge in [0.15, 0.2) is 0 Å². The molecule has 0 aliphatic rings. The van der Waals surface area contributed by atoms with Crippen molar-refractivity contribution in [2.24, 2.45) is 0 Å².